The van der Waals surface area contributed by atoms with Crippen molar-refractivity contribution in [1.82, 2.24) is 0 Å². The van der Waals surface area contributed by atoms with Crippen molar-refractivity contribution in [3.63, 3.8) is 0 Å². The molecule has 0 aromatic rings. The quantitative estimate of drug-likeness (QED) is 0.376. The summed E-state index contributed by atoms with van der Waals surface area (Å²) in [6.07, 6.45) is 0. The van der Waals surface area contributed by atoms with Crippen LogP contribution in [0.4, 0.5) is 0 Å². The van der Waals surface area contributed by atoms with Gasteiger partial charge in [0.1, 0.15) is 0 Å². The predicted octanol–water partition coefficient (Wildman–Crippen LogP) is -0.449. The molecule has 0 aromatic heterocycles. The highest BCUT2D eigenvalue weighted by Crippen LogP contribution is 2.12. The van der Waals surface area contributed by atoms with Gasteiger partial charge < -0.3 is 9.84 Å². The molecule has 1 N–H and O–H groups in total. The van der Waals surface area contributed by atoms with Gasteiger partial charge in [-0.05, 0) is 13.8 Å². The van der Waals surface area contributed by atoms with Crippen molar-refractivity contribution in [1.29, 1.82) is 0 Å². The normalized spacial score (nSPS) is 13.9. The average Bonchev–Trinajstić information content (AvgIpc) is 2.02. The second-order valence-electron chi connectivity index (χ2n) is 2.84. The Morgan fingerprint density at radius 3 is 1.79 bits per heavy atom. The van der Waals surface area contributed by atoms with Crippen LogP contribution in [0.25, 0.3) is 0 Å². The van der Waals surface area contributed by atoms with E-state index in [-0.39, 0.29) is 0 Å². The number of carboxylic acids is 1. The molecule has 0 aliphatic heterocycles. The molecule has 6 nitrogen and oxygen atoms in total. The third kappa shape index (κ3) is 2.38. The summed E-state index contributed by atoms with van der Waals surface area (Å²) < 4.78 is 4.28. The van der Waals surface area contributed by atoms with E-state index >= 15 is 0 Å². The smallest absolute Gasteiger partial charge is 0.375 e. The van der Waals surface area contributed by atoms with E-state index in [0.717, 1.165) is 20.8 Å². The summed E-state index contributed by atoms with van der Waals surface area (Å²) in [5, 5.41) is 8.62. The molecule has 0 fully saturated rings. The Hall–Kier alpha value is -1.72. The summed E-state index contributed by atoms with van der Waals surface area (Å²) in [5.74, 6) is -4.77. The fourth-order valence-electron chi connectivity index (χ4n) is 0.523. The molecule has 1 atom stereocenters. The third-order valence-corrected chi connectivity index (χ3v) is 1.66. The van der Waals surface area contributed by atoms with Gasteiger partial charge in [0.15, 0.2) is 5.78 Å². The summed E-state index contributed by atoms with van der Waals surface area (Å²) in [4.78, 5) is 42.8. The number of Topliss-reactive ketones (excluding diaryl/α,β-unsaturated/α-hetero) is 2. The van der Waals surface area contributed by atoms with Crippen LogP contribution in [0.2, 0.25) is 0 Å². The maximum absolute atomic E-state index is 10.9. The van der Waals surface area contributed by atoms with E-state index in [1.54, 1.807) is 0 Å². The lowest BCUT2D eigenvalue weighted by Crippen LogP contribution is -2.47. The van der Waals surface area contributed by atoms with Crippen molar-refractivity contribution < 1.29 is 29.0 Å². The average molecular weight is 202 g/mol. The summed E-state index contributed by atoms with van der Waals surface area (Å²) in [6, 6.07) is 0. The Kier molecular flexibility index (Phi) is 3.50. The Balaban J connectivity index is 4.89. The Morgan fingerprint density at radius 1 is 1.14 bits per heavy atom. The van der Waals surface area contributed by atoms with Crippen LogP contribution < -0.4 is 0 Å². The van der Waals surface area contributed by atoms with E-state index in [1.165, 1.54) is 0 Å². The predicted molar refractivity (Wildman–Crippen MR) is 43.5 cm³/mol. The van der Waals surface area contributed by atoms with E-state index in [2.05, 4.69) is 4.74 Å². The highest BCUT2D eigenvalue weighted by molar-refractivity contribution is 6.33. The highest BCUT2D eigenvalue weighted by Gasteiger charge is 2.43. The minimum atomic E-state index is -2.29. The Bertz CT molecular complexity index is 289. The number of ketones is 2. The third-order valence-electron chi connectivity index (χ3n) is 1.66. The van der Waals surface area contributed by atoms with Crippen LogP contribution >= 0.6 is 0 Å². The van der Waals surface area contributed by atoms with Gasteiger partial charge in [0.05, 0.1) is 0 Å². The molecule has 0 saturated heterocycles. The molecule has 14 heavy (non-hydrogen) atoms. The molecule has 0 bridgehead atoms. The molecule has 1 unspecified atom stereocenters. The molecular formula is C8H10O6. The maximum Gasteiger partial charge on any atom is 0.375 e. The topological polar surface area (TPSA) is 97.7 Å². The van der Waals surface area contributed by atoms with Crippen molar-refractivity contribution in [2.24, 2.45) is 0 Å². The summed E-state index contributed by atoms with van der Waals surface area (Å²) >= 11 is 0. The molecule has 0 spiro atoms. The van der Waals surface area contributed by atoms with Crippen molar-refractivity contribution >= 4 is 23.5 Å². The fraction of sp³-hybridized carbons (Fsp3) is 0.500. The lowest BCUT2D eigenvalue weighted by atomic mass is 10.0. The monoisotopic (exact) mass is 202 g/mol. The fourth-order valence-corrected chi connectivity index (χ4v) is 0.523. The van der Waals surface area contributed by atoms with Gasteiger partial charge in [0.25, 0.3) is 5.60 Å². The first-order chi connectivity index (χ1) is 6.21. The van der Waals surface area contributed by atoms with Crippen LogP contribution in [0.15, 0.2) is 0 Å². The number of hydrogen-bond acceptors (Lipinski definition) is 5. The van der Waals surface area contributed by atoms with Crippen molar-refractivity contribution in [3.8, 4) is 0 Å². The molecule has 0 saturated carbocycles. The van der Waals surface area contributed by atoms with E-state index in [9.17, 15) is 19.2 Å². The van der Waals surface area contributed by atoms with Gasteiger partial charge in [0.2, 0.25) is 5.78 Å². The minimum absolute atomic E-state index is 0.861. The van der Waals surface area contributed by atoms with Gasteiger partial charge >= 0.3 is 11.9 Å². The Labute approximate surface area is 79.8 Å². The number of carbonyl (C=O) groups excluding carboxylic acids is 3. The van der Waals surface area contributed by atoms with Gasteiger partial charge in [-0.25, -0.2) is 9.59 Å². The second-order valence-corrected chi connectivity index (χ2v) is 2.84. The molecule has 0 aliphatic carbocycles. The zero-order valence-electron chi connectivity index (χ0n) is 7.99. The first kappa shape index (κ1) is 12.3. The number of carbonyl (C=O) groups is 4. The van der Waals surface area contributed by atoms with Crippen LogP contribution in [0.1, 0.15) is 20.8 Å². The molecule has 0 aliphatic rings. The first-order valence-corrected chi connectivity index (χ1v) is 3.70. The SMILES string of the molecule is CC(=O)C(=O)OC(C)(C(C)=O)C(=O)O. The van der Waals surface area contributed by atoms with Crippen molar-refractivity contribution in [2.75, 3.05) is 0 Å². The number of aliphatic carboxylic acids is 1. The number of esters is 1. The number of carboxylic acid groups (broad SMARTS) is 1. The number of hydrogen-bond donors (Lipinski definition) is 1. The van der Waals surface area contributed by atoms with E-state index in [1.807, 2.05) is 0 Å². The molecule has 0 amide bonds. The van der Waals surface area contributed by atoms with E-state index in [0.29, 0.717) is 0 Å². The van der Waals surface area contributed by atoms with Crippen LogP contribution in [-0.4, -0.2) is 34.2 Å². The summed E-state index contributed by atoms with van der Waals surface area (Å²) in [5.41, 5.74) is -2.29. The van der Waals surface area contributed by atoms with Crippen molar-refractivity contribution in [2.45, 2.75) is 26.4 Å². The molecule has 0 heterocycles. The molecule has 0 radical (unpaired) electrons. The zero-order valence-corrected chi connectivity index (χ0v) is 7.99. The van der Waals surface area contributed by atoms with Gasteiger partial charge in [-0.2, -0.15) is 0 Å². The standard InChI is InChI=1S/C8H10O6/c1-4(9)6(11)14-8(3,5(2)10)7(12)13/h1-3H3,(H,12,13). The summed E-state index contributed by atoms with van der Waals surface area (Å²) in [7, 11) is 0. The minimum Gasteiger partial charge on any atom is -0.478 e. The van der Waals surface area contributed by atoms with Gasteiger partial charge in [-0.3, -0.25) is 9.59 Å². The molecular weight excluding hydrogens is 192 g/mol. The molecule has 6 heteroatoms. The largest absolute Gasteiger partial charge is 0.478 e. The second kappa shape index (κ2) is 3.99. The van der Waals surface area contributed by atoms with Crippen LogP contribution in [0.5, 0.6) is 0 Å². The van der Waals surface area contributed by atoms with Crippen molar-refractivity contribution in [3.05, 3.63) is 0 Å². The van der Waals surface area contributed by atoms with E-state index < -0.39 is 29.1 Å². The maximum atomic E-state index is 10.9. The van der Waals surface area contributed by atoms with Crippen LogP contribution in [0, 0.1) is 0 Å². The first-order valence-electron chi connectivity index (χ1n) is 3.70. The number of ether oxygens (including phenoxy) is 1. The van der Waals surface area contributed by atoms with Crippen LogP contribution in [-0.2, 0) is 23.9 Å². The summed E-state index contributed by atoms with van der Waals surface area (Å²) in [6.45, 7) is 2.80. The molecule has 0 rings (SSSR count). The Morgan fingerprint density at radius 2 is 1.57 bits per heavy atom. The van der Waals surface area contributed by atoms with Crippen LogP contribution in [0.3, 0.4) is 0 Å². The van der Waals surface area contributed by atoms with E-state index in [4.69, 9.17) is 5.11 Å². The zero-order chi connectivity index (χ0) is 11.5. The van der Waals surface area contributed by atoms with Gasteiger partial charge in [-0.15, -0.1) is 0 Å². The van der Waals surface area contributed by atoms with Gasteiger partial charge in [0, 0.05) is 6.92 Å². The lowest BCUT2D eigenvalue weighted by molar-refractivity contribution is -0.180. The highest BCUT2D eigenvalue weighted by atomic mass is 16.6. The van der Waals surface area contributed by atoms with Gasteiger partial charge in [-0.1, -0.05) is 0 Å². The molecule has 0 aromatic carbocycles. The number of rotatable bonds is 4. The lowest BCUT2D eigenvalue weighted by Gasteiger charge is -2.20. The molecule has 78 valence electrons.